The van der Waals surface area contributed by atoms with Gasteiger partial charge in [0.2, 0.25) is 0 Å². The first kappa shape index (κ1) is 16.8. The minimum atomic E-state index is 0.369. The van der Waals surface area contributed by atoms with Gasteiger partial charge in [0.1, 0.15) is 12.0 Å². The normalized spacial score (nSPS) is 17.6. The summed E-state index contributed by atoms with van der Waals surface area (Å²) in [5.41, 5.74) is 0.862. The Morgan fingerprint density at radius 2 is 2.27 bits per heavy atom. The number of nitrogens with one attached hydrogen (secondary N) is 2. The Labute approximate surface area is 132 Å². The Morgan fingerprint density at radius 1 is 1.45 bits per heavy atom. The average Bonchev–Trinajstić information content (AvgIpc) is 3.22. The molecule has 0 bridgehead atoms. The van der Waals surface area contributed by atoms with E-state index in [0.29, 0.717) is 12.6 Å². The number of nitrogens with zero attached hydrogens (tertiary/aromatic N) is 2. The van der Waals surface area contributed by atoms with Crippen LogP contribution >= 0.6 is 0 Å². The molecule has 1 aliphatic rings. The van der Waals surface area contributed by atoms with Crippen LogP contribution in [0.15, 0.2) is 21.8 Å². The predicted molar refractivity (Wildman–Crippen MR) is 86.7 cm³/mol. The smallest absolute Gasteiger partial charge is 0.191 e. The quantitative estimate of drug-likeness (QED) is 0.569. The summed E-state index contributed by atoms with van der Waals surface area (Å²) in [7, 11) is 1.77. The highest BCUT2D eigenvalue weighted by Gasteiger charge is 2.24. The molecule has 2 N–H and O–H groups in total. The second-order valence-electron chi connectivity index (χ2n) is 5.67. The summed E-state index contributed by atoms with van der Waals surface area (Å²) in [6, 6.07) is 1.84. The number of hydrogen-bond donors (Lipinski definition) is 2. The van der Waals surface area contributed by atoms with Gasteiger partial charge in [0.25, 0.3) is 0 Å². The molecule has 6 nitrogen and oxygen atoms in total. The van der Waals surface area contributed by atoms with Crippen LogP contribution in [0.25, 0.3) is 0 Å². The number of aromatic nitrogens is 1. The fourth-order valence-corrected chi connectivity index (χ4v) is 3.05. The lowest BCUT2D eigenvalue weighted by Crippen LogP contribution is -2.39. The lowest BCUT2D eigenvalue weighted by molar-refractivity contribution is 0.0169. The summed E-state index contributed by atoms with van der Waals surface area (Å²) in [5.74, 6) is 1.51. The molecular weight excluding hydrogens is 280 g/mol. The molecule has 6 heteroatoms. The van der Waals surface area contributed by atoms with Crippen molar-refractivity contribution < 1.29 is 9.26 Å². The molecular formula is C16H28N4O2. The van der Waals surface area contributed by atoms with E-state index in [2.05, 4.69) is 27.7 Å². The highest BCUT2D eigenvalue weighted by molar-refractivity contribution is 5.79. The van der Waals surface area contributed by atoms with Gasteiger partial charge in [0, 0.05) is 26.3 Å². The number of guanidine groups is 1. The van der Waals surface area contributed by atoms with Gasteiger partial charge in [-0.1, -0.05) is 18.0 Å². The Balaban J connectivity index is 1.69. The van der Waals surface area contributed by atoms with Gasteiger partial charge in [-0.05, 0) is 32.1 Å². The van der Waals surface area contributed by atoms with Crippen molar-refractivity contribution >= 4 is 5.96 Å². The molecule has 0 aromatic carbocycles. The zero-order valence-corrected chi connectivity index (χ0v) is 13.7. The maximum Gasteiger partial charge on any atom is 0.191 e. The maximum absolute atomic E-state index is 5.94. The van der Waals surface area contributed by atoms with E-state index in [1.54, 1.807) is 13.3 Å². The summed E-state index contributed by atoms with van der Waals surface area (Å²) in [4.78, 5) is 4.22. The number of hydrogen-bond acceptors (Lipinski definition) is 4. The maximum atomic E-state index is 5.94. The standard InChI is InChI=1S/C16H28N4O2/c1-3-21-15(13-6-4-5-7-13)8-10-18-16(17-2)19-12-14-9-11-22-20-14/h9,11,13,15H,3-8,10,12H2,1-2H3,(H2,17,18,19). The fourth-order valence-electron chi connectivity index (χ4n) is 3.05. The van der Waals surface area contributed by atoms with Gasteiger partial charge < -0.3 is 19.9 Å². The van der Waals surface area contributed by atoms with Crippen molar-refractivity contribution in [2.75, 3.05) is 20.2 Å². The molecule has 1 aromatic rings. The third-order valence-corrected chi connectivity index (χ3v) is 4.18. The predicted octanol–water partition coefficient (Wildman–Crippen LogP) is 2.32. The van der Waals surface area contributed by atoms with Crippen LogP contribution in [0.1, 0.15) is 44.7 Å². The van der Waals surface area contributed by atoms with Crippen molar-refractivity contribution in [3.05, 3.63) is 18.0 Å². The fraction of sp³-hybridized carbons (Fsp3) is 0.750. The summed E-state index contributed by atoms with van der Waals surface area (Å²) in [6.07, 6.45) is 8.28. The van der Waals surface area contributed by atoms with E-state index in [1.807, 2.05) is 6.07 Å². The average molecular weight is 308 g/mol. The Morgan fingerprint density at radius 3 is 2.91 bits per heavy atom. The highest BCUT2D eigenvalue weighted by atomic mass is 16.5. The van der Waals surface area contributed by atoms with E-state index in [9.17, 15) is 0 Å². The lowest BCUT2D eigenvalue weighted by atomic mass is 9.98. The van der Waals surface area contributed by atoms with Crippen molar-refractivity contribution in [1.29, 1.82) is 0 Å². The number of rotatable bonds is 8. The molecule has 1 atom stereocenters. The van der Waals surface area contributed by atoms with Crippen molar-refractivity contribution in [1.82, 2.24) is 15.8 Å². The van der Waals surface area contributed by atoms with E-state index < -0.39 is 0 Å². The molecule has 124 valence electrons. The zero-order valence-electron chi connectivity index (χ0n) is 13.7. The molecule has 0 aliphatic heterocycles. The molecule has 2 rings (SSSR count). The Bertz CT molecular complexity index is 427. The highest BCUT2D eigenvalue weighted by Crippen LogP contribution is 2.30. The van der Waals surface area contributed by atoms with Crippen LogP contribution in [0.5, 0.6) is 0 Å². The van der Waals surface area contributed by atoms with E-state index in [4.69, 9.17) is 9.26 Å². The van der Waals surface area contributed by atoms with Gasteiger partial charge in [-0.25, -0.2) is 0 Å². The Hall–Kier alpha value is -1.56. The van der Waals surface area contributed by atoms with Crippen LogP contribution in [0, 0.1) is 5.92 Å². The topological polar surface area (TPSA) is 71.7 Å². The molecule has 1 fully saturated rings. The van der Waals surface area contributed by atoms with E-state index in [0.717, 1.165) is 37.1 Å². The first-order chi connectivity index (χ1) is 10.8. The van der Waals surface area contributed by atoms with Gasteiger partial charge in [-0.3, -0.25) is 4.99 Å². The van der Waals surface area contributed by atoms with E-state index in [-0.39, 0.29) is 0 Å². The lowest BCUT2D eigenvalue weighted by Gasteiger charge is -2.23. The molecule has 1 heterocycles. The van der Waals surface area contributed by atoms with Crippen molar-refractivity contribution in [2.24, 2.45) is 10.9 Å². The van der Waals surface area contributed by atoms with Crippen molar-refractivity contribution in [2.45, 2.75) is 51.7 Å². The van der Waals surface area contributed by atoms with Crippen LogP contribution < -0.4 is 10.6 Å². The molecule has 1 aliphatic carbocycles. The summed E-state index contributed by atoms with van der Waals surface area (Å²) >= 11 is 0. The first-order valence-corrected chi connectivity index (χ1v) is 8.28. The summed E-state index contributed by atoms with van der Waals surface area (Å²) in [6.45, 7) is 4.33. The van der Waals surface area contributed by atoms with Crippen LogP contribution in [-0.4, -0.2) is 37.4 Å². The van der Waals surface area contributed by atoms with Gasteiger partial charge in [0.15, 0.2) is 5.96 Å². The third kappa shape index (κ3) is 5.33. The minimum Gasteiger partial charge on any atom is -0.378 e. The van der Waals surface area contributed by atoms with Gasteiger partial charge in [0.05, 0.1) is 12.6 Å². The molecule has 1 aromatic heterocycles. The third-order valence-electron chi connectivity index (χ3n) is 4.18. The molecule has 1 unspecified atom stereocenters. The molecule has 22 heavy (non-hydrogen) atoms. The zero-order chi connectivity index (χ0) is 15.6. The SMILES string of the molecule is CCOC(CCNC(=NC)NCc1ccon1)C1CCCC1. The number of aliphatic imine (C=N–C) groups is 1. The molecule has 0 amide bonds. The van der Waals surface area contributed by atoms with Crippen molar-refractivity contribution in [3.8, 4) is 0 Å². The number of ether oxygens (including phenoxy) is 1. The van der Waals surface area contributed by atoms with Gasteiger partial charge in [-0.2, -0.15) is 0 Å². The first-order valence-electron chi connectivity index (χ1n) is 8.28. The van der Waals surface area contributed by atoms with Crippen molar-refractivity contribution in [3.63, 3.8) is 0 Å². The monoisotopic (exact) mass is 308 g/mol. The largest absolute Gasteiger partial charge is 0.378 e. The molecule has 0 radical (unpaired) electrons. The van der Waals surface area contributed by atoms with Crippen LogP contribution in [0.3, 0.4) is 0 Å². The second kappa shape index (κ2) is 9.46. The minimum absolute atomic E-state index is 0.369. The van der Waals surface area contributed by atoms with E-state index >= 15 is 0 Å². The summed E-state index contributed by atoms with van der Waals surface area (Å²) < 4.78 is 10.7. The molecule has 0 spiro atoms. The van der Waals surface area contributed by atoms with E-state index in [1.165, 1.54) is 25.7 Å². The van der Waals surface area contributed by atoms with Crippen LogP contribution in [0.2, 0.25) is 0 Å². The van der Waals surface area contributed by atoms with Gasteiger partial charge >= 0.3 is 0 Å². The van der Waals surface area contributed by atoms with Gasteiger partial charge in [-0.15, -0.1) is 0 Å². The van der Waals surface area contributed by atoms with Crippen LogP contribution in [0.4, 0.5) is 0 Å². The van der Waals surface area contributed by atoms with Crippen LogP contribution in [-0.2, 0) is 11.3 Å². The molecule has 1 saturated carbocycles. The second-order valence-corrected chi connectivity index (χ2v) is 5.67. The Kier molecular flexibility index (Phi) is 7.22. The molecule has 0 saturated heterocycles. The summed E-state index contributed by atoms with van der Waals surface area (Å²) in [5, 5.41) is 10.4.